The van der Waals surface area contributed by atoms with Crippen molar-refractivity contribution < 1.29 is 9.90 Å². The van der Waals surface area contributed by atoms with E-state index in [9.17, 15) is 4.79 Å². The van der Waals surface area contributed by atoms with Gasteiger partial charge in [-0.05, 0) is 31.9 Å². The molecule has 3 nitrogen and oxygen atoms in total. The molecule has 0 saturated heterocycles. The smallest absolute Gasteiger partial charge is 0.263 e. The number of nitrogens with zero attached hydrogens (tertiary/aromatic N) is 1. The van der Waals surface area contributed by atoms with Gasteiger partial charge in [0.05, 0.1) is 9.75 Å². The lowest BCUT2D eigenvalue weighted by molar-refractivity contribution is 0.0767. The maximum absolute atomic E-state index is 12.4. The standard InChI is InChI=1S/C15H21NO2S/c1-4-6-9-16(5-2)15(18)14-11-12(3)13(19-14)8-7-10-17/h11,17H,4-6,9-10H2,1-3H3. The fraction of sp³-hybridized carbons (Fsp3) is 0.533. The summed E-state index contributed by atoms with van der Waals surface area (Å²) in [6, 6.07) is 1.89. The van der Waals surface area contributed by atoms with Gasteiger partial charge in [0.1, 0.15) is 6.61 Å². The van der Waals surface area contributed by atoms with Crippen LogP contribution in [0.2, 0.25) is 0 Å². The van der Waals surface area contributed by atoms with Crippen molar-refractivity contribution in [1.29, 1.82) is 0 Å². The Morgan fingerprint density at radius 2 is 2.21 bits per heavy atom. The number of amides is 1. The molecule has 1 amide bonds. The Balaban J connectivity index is 2.87. The second-order valence-corrected chi connectivity index (χ2v) is 5.37. The molecule has 0 aliphatic rings. The molecular weight excluding hydrogens is 258 g/mol. The molecule has 19 heavy (non-hydrogen) atoms. The van der Waals surface area contributed by atoms with Crippen LogP contribution in [0.4, 0.5) is 0 Å². The molecule has 0 aromatic carbocycles. The van der Waals surface area contributed by atoms with E-state index in [1.165, 1.54) is 11.3 Å². The third kappa shape index (κ3) is 4.38. The first kappa shape index (κ1) is 15.7. The van der Waals surface area contributed by atoms with Gasteiger partial charge in [0.15, 0.2) is 0 Å². The van der Waals surface area contributed by atoms with Gasteiger partial charge in [-0.1, -0.05) is 25.2 Å². The van der Waals surface area contributed by atoms with Gasteiger partial charge >= 0.3 is 0 Å². The number of rotatable bonds is 5. The van der Waals surface area contributed by atoms with E-state index < -0.39 is 0 Å². The lowest BCUT2D eigenvalue weighted by atomic mass is 10.2. The zero-order valence-corrected chi connectivity index (χ0v) is 12.6. The van der Waals surface area contributed by atoms with E-state index >= 15 is 0 Å². The van der Waals surface area contributed by atoms with Crippen molar-refractivity contribution in [2.45, 2.75) is 33.6 Å². The summed E-state index contributed by atoms with van der Waals surface area (Å²) < 4.78 is 0. The molecule has 0 bridgehead atoms. The number of hydrogen-bond donors (Lipinski definition) is 1. The van der Waals surface area contributed by atoms with Gasteiger partial charge in [-0.15, -0.1) is 11.3 Å². The van der Waals surface area contributed by atoms with E-state index in [0.717, 1.165) is 41.2 Å². The van der Waals surface area contributed by atoms with Crippen molar-refractivity contribution in [3.8, 4) is 11.8 Å². The molecule has 1 heterocycles. The number of carbonyl (C=O) groups is 1. The summed E-state index contributed by atoms with van der Waals surface area (Å²) in [6.45, 7) is 7.44. The van der Waals surface area contributed by atoms with Crippen molar-refractivity contribution >= 4 is 17.2 Å². The molecule has 4 heteroatoms. The number of carbonyl (C=O) groups excluding carboxylic acids is 1. The highest BCUT2D eigenvalue weighted by Crippen LogP contribution is 2.22. The van der Waals surface area contributed by atoms with Crippen LogP contribution in [0.1, 0.15) is 46.8 Å². The molecule has 1 aromatic rings. The van der Waals surface area contributed by atoms with Gasteiger partial charge in [0.2, 0.25) is 0 Å². The SMILES string of the molecule is CCCCN(CC)C(=O)c1cc(C)c(C#CCO)s1. The number of thiophene rings is 1. The van der Waals surface area contributed by atoms with E-state index in [-0.39, 0.29) is 12.5 Å². The maximum Gasteiger partial charge on any atom is 0.263 e. The first-order chi connectivity index (χ1) is 9.13. The summed E-state index contributed by atoms with van der Waals surface area (Å²) >= 11 is 1.41. The summed E-state index contributed by atoms with van der Waals surface area (Å²) in [5.41, 5.74) is 1.00. The molecular formula is C15H21NO2S. The molecule has 0 spiro atoms. The van der Waals surface area contributed by atoms with E-state index in [1.54, 1.807) is 0 Å². The minimum Gasteiger partial charge on any atom is -0.384 e. The van der Waals surface area contributed by atoms with Crippen molar-refractivity contribution in [1.82, 2.24) is 4.90 Å². The number of hydrogen-bond acceptors (Lipinski definition) is 3. The molecule has 0 unspecified atom stereocenters. The number of aryl methyl sites for hydroxylation is 1. The highest BCUT2D eigenvalue weighted by molar-refractivity contribution is 7.14. The van der Waals surface area contributed by atoms with Crippen LogP contribution in [0.25, 0.3) is 0 Å². The van der Waals surface area contributed by atoms with Crippen molar-refractivity contribution in [2.24, 2.45) is 0 Å². The van der Waals surface area contributed by atoms with Crippen LogP contribution in [0.5, 0.6) is 0 Å². The van der Waals surface area contributed by atoms with Crippen LogP contribution in [-0.4, -0.2) is 35.6 Å². The highest BCUT2D eigenvalue weighted by Gasteiger charge is 2.17. The first-order valence-corrected chi connectivity index (χ1v) is 7.45. The summed E-state index contributed by atoms with van der Waals surface area (Å²) in [5.74, 6) is 5.60. The largest absolute Gasteiger partial charge is 0.384 e. The Morgan fingerprint density at radius 3 is 2.79 bits per heavy atom. The number of unbranched alkanes of at least 4 members (excludes halogenated alkanes) is 1. The molecule has 1 aromatic heterocycles. The van der Waals surface area contributed by atoms with Gasteiger partial charge in [0, 0.05) is 13.1 Å². The summed E-state index contributed by atoms with van der Waals surface area (Å²) in [7, 11) is 0. The summed E-state index contributed by atoms with van der Waals surface area (Å²) in [4.78, 5) is 15.8. The highest BCUT2D eigenvalue weighted by atomic mass is 32.1. The van der Waals surface area contributed by atoms with Crippen molar-refractivity contribution in [2.75, 3.05) is 19.7 Å². The van der Waals surface area contributed by atoms with Crippen LogP contribution in [0.15, 0.2) is 6.07 Å². The summed E-state index contributed by atoms with van der Waals surface area (Å²) in [5, 5.41) is 8.71. The molecule has 0 saturated carbocycles. The lowest BCUT2D eigenvalue weighted by Gasteiger charge is -2.19. The van der Waals surface area contributed by atoms with Gasteiger partial charge in [0.25, 0.3) is 5.91 Å². The first-order valence-electron chi connectivity index (χ1n) is 6.63. The van der Waals surface area contributed by atoms with Crippen molar-refractivity contribution in [3.63, 3.8) is 0 Å². The van der Waals surface area contributed by atoms with E-state index in [4.69, 9.17) is 5.11 Å². The van der Waals surface area contributed by atoms with E-state index in [1.807, 2.05) is 24.8 Å². The third-order valence-electron chi connectivity index (χ3n) is 2.86. The molecule has 104 valence electrons. The predicted molar refractivity (Wildman–Crippen MR) is 79.5 cm³/mol. The lowest BCUT2D eigenvalue weighted by Crippen LogP contribution is -2.31. The Hall–Kier alpha value is -1.31. The Bertz CT molecular complexity index is 482. The predicted octanol–water partition coefficient (Wildman–Crippen LogP) is 2.66. The summed E-state index contributed by atoms with van der Waals surface area (Å²) in [6.07, 6.45) is 2.11. The fourth-order valence-electron chi connectivity index (χ4n) is 1.74. The molecule has 0 aliphatic carbocycles. The van der Waals surface area contributed by atoms with Gasteiger partial charge in [-0.2, -0.15) is 0 Å². The Morgan fingerprint density at radius 1 is 1.47 bits per heavy atom. The van der Waals surface area contributed by atoms with Gasteiger partial charge in [-0.25, -0.2) is 0 Å². The van der Waals surface area contributed by atoms with Crippen LogP contribution in [-0.2, 0) is 0 Å². The number of aliphatic hydroxyl groups is 1. The third-order valence-corrected chi connectivity index (χ3v) is 4.00. The molecule has 1 N–H and O–H groups in total. The number of aliphatic hydroxyl groups excluding tert-OH is 1. The molecule has 0 radical (unpaired) electrons. The maximum atomic E-state index is 12.4. The second-order valence-electron chi connectivity index (χ2n) is 4.32. The van der Waals surface area contributed by atoms with Crippen LogP contribution in [0, 0.1) is 18.8 Å². The quantitative estimate of drug-likeness (QED) is 0.842. The van der Waals surface area contributed by atoms with Crippen LogP contribution < -0.4 is 0 Å². The van der Waals surface area contributed by atoms with Crippen LogP contribution in [0.3, 0.4) is 0 Å². The minimum absolute atomic E-state index is 0.0844. The van der Waals surface area contributed by atoms with Crippen molar-refractivity contribution in [3.05, 3.63) is 21.4 Å². The van der Waals surface area contributed by atoms with E-state index in [0.29, 0.717) is 0 Å². The fourth-order valence-corrected chi connectivity index (χ4v) is 2.75. The topological polar surface area (TPSA) is 40.5 Å². The Kier molecular flexibility index (Phi) is 6.61. The molecule has 0 aliphatic heterocycles. The van der Waals surface area contributed by atoms with Gasteiger partial charge in [-0.3, -0.25) is 4.79 Å². The molecule has 1 rings (SSSR count). The average Bonchev–Trinajstić information content (AvgIpc) is 2.78. The van der Waals surface area contributed by atoms with E-state index in [2.05, 4.69) is 18.8 Å². The molecule has 0 fully saturated rings. The zero-order chi connectivity index (χ0) is 14.3. The normalized spacial score (nSPS) is 9.89. The Labute approximate surface area is 119 Å². The van der Waals surface area contributed by atoms with Gasteiger partial charge < -0.3 is 10.0 Å². The van der Waals surface area contributed by atoms with Crippen LogP contribution >= 0.6 is 11.3 Å². The minimum atomic E-state index is -0.155. The monoisotopic (exact) mass is 279 g/mol. The average molecular weight is 279 g/mol. The zero-order valence-electron chi connectivity index (χ0n) is 11.8. The second kappa shape index (κ2) is 7.98. The molecule has 0 atom stereocenters.